The lowest BCUT2D eigenvalue weighted by molar-refractivity contribution is 0.397. The normalized spacial score (nSPS) is 10.5. The van der Waals surface area contributed by atoms with E-state index in [-0.39, 0.29) is 0 Å². The van der Waals surface area contributed by atoms with Gasteiger partial charge in [0.2, 0.25) is 0 Å². The molecule has 102 valence electrons. The molecule has 2 rings (SSSR count). The molecule has 19 heavy (non-hydrogen) atoms. The van der Waals surface area contributed by atoms with Crippen LogP contribution in [0, 0.1) is 6.92 Å². The van der Waals surface area contributed by atoms with Gasteiger partial charge in [-0.25, -0.2) is 0 Å². The molecule has 0 aliphatic carbocycles. The summed E-state index contributed by atoms with van der Waals surface area (Å²) >= 11 is 1.82. The van der Waals surface area contributed by atoms with Crippen LogP contribution in [-0.2, 0) is 13.1 Å². The monoisotopic (exact) mass is 277 g/mol. The molecular weight excluding hydrogens is 258 g/mol. The summed E-state index contributed by atoms with van der Waals surface area (Å²) in [5.41, 5.74) is 1.11. The first-order valence-corrected chi connectivity index (χ1v) is 7.01. The van der Waals surface area contributed by atoms with Gasteiger partial charge in [-0.2, -0.15) is 0 Å². The molecule has 1 N–H and O–H groups in total. The Morgan fingerprint density at radius 1 is 1.05 bits per heavy atom. The van der Waals surface area contributed by atoms with Crippen LogP contribution in [0.3, 0.4) is 0 Å². The molecule has 0 fully saturated rings. The van der Waals surface area contributed by atoms with Crippen molar-refractivity contribution in [2.45, 2.75) is 20.0 Å². The molecule has 4 heteroatoms. The van der Waals surface area contributed by atoms with E-state index in [1.165, 1.54) is 9.75 Å². The lowest BCUT2D eigenvalue weighted by Gasteiger charge is -2.11. The van der Waals surface area contributed by atoms with Crippen LogP contribution in [0.1, 0.15) is 15.3 Å². The molecule has 0 atom stereocenters. The zero-order valence-corrected chi connectivity index (χ0v) is 12.3. The minimum absolute atomic E-state index is 0.761. The largest absolute Gasteiger partial charge is 0.497 e. The molecule has 0 amide bonds. The first-order chi connectivity index (χ1) is 9.22. The fourth-order valence-corrected chi connectivity index (χ4v) is 2.78. The predicted molar refractivity (Wildman–Crippen MR) is 79.1 cm³/mol. The second kappa shape index (κ2) is 6.59. The van der Waals surface area contributed by atoms with Crippen LogP contribution in [0.15, 0.2) is 30.3 Å². The molecule has 1 heterocycles. The van der Waals surface area contributed by atoms with Crippen LogP contribution in [-0.4, -0.2) is 14.2 Å². The van der Waals surface area contributed by atoms with Gasteiger partial charge >= 0.3 is 0 Å². The van der Waals surface area contributed by atoms with E-state index in [4.69, 9.17) is 9.47 Å². The quantitative estimate of drug-likeness (QED) is 0.878. The molecule has 0 saturated carbocycles. The number of methoxy groups -OCH3 is 2. The summed E-state index contributed by atoms with van der Waals surface area (Å²) in [5, 5.41) is 3.43. The average molecular weight is 277 g/mol. The van der Waals surface area contributed by atoms with Crippen molar-refractivity contribution >= 4 is 11.3 Å². The van der Waals surface area contributed by atoms with Crippen molar-refractivity contribution < 1.29 is 9.47 Å². The highest BCUT2D eigenvalue weighted by atomic mass is 32.1. The molecule has 0 unspecified atom stereocenters. The molecule has 1 aromatic carbocycles. The molecule has 0 aliphatic rings. The number of thiophene rings is 1. The molecular formula is C15H19NO2S. The first kappa shape index (κ1) is 13.9. The first-order valence-electron chi connectivity index (χ1n) is 6.20. The maximum atomic E-state index is 5.36. The van der Waals surface area contributed by atoms with Crippen LogP contribution in [0.2, 0.25) is 0 Å². The number of nitrogens with one attached hydrogen (secondary N) is 1. The van der Waals surface area contributed by atoms with Crippen molar-refractivity contribution in [3.8, 4) is 11.5 Å². The van der Waals surface area contributed by atoms with Gasteiger partial charge in [0, 0.05) is 28.4 Å². The Kier molecular flexibility index (Phi) is 4.82. The summed E-state index contributed by atoms with van der Waals surface area (Å²) in [6.07, 6.45) is 0. The lowest BCUT2D eigenvalue weighted by Crippen LogP contribution is -2.12. The van der Waals surface area contributed by atoms with Crippen LogP contribution in [0.25, 0.3) is 0 Å². The van der Waals surface area contributed by atoms with Crippen LogP contribution in [0.4, 0.5) is 0 Å². The highest BCUT2D eigenvalue weighted by Crippen LogP contribution is 2.24. The zero-order chi connectivity index (χ0) is 13.7. The molecule has 1 aromatic heterocycles. The molecule has 2 aromatic rings. The number of hydrogen-bond donors (Lipinski definition) is 1. The molecule has 3 nitrogen and oxygen atoms in total. The topological polar surface area (TPSA) is 30.5 Å². The van der Waals surface area contributed by atoms with E-state index in [0.717, 1.165) is 30.2 Å². The smallest absolute Gasteiger partial charge is 0.123 e. The van der Waals surface area contributed by atoms with E-state index in [1.807, 2.05) is 29.5 Å². The fraction of sp³-hybridized carbons (Fsp3) is 0.333. The van der Waals surface area contributed by atoms with Crippen molar-refractivity contribution in [2.24, 2.45) is 0 Å². The third kappa shape index (κ3) is 3.72. The van der Waals surface area contributed by atoms with E-state index in [2.05, 4.69) is 24.4 Å². The van der Waals surface area contributed by atoms with Crippen molar-refractivity contribution in [1.82, 2.24) is 5.32 Å². The van der Waals surface area contributed by atoms with Crippen LogP contribution >= 0.6 is 11.3 Å². The Labute approximate surface area is 118 Å². The molecule has 0 spiro atoms. The fourth-order valence-electron chi connectivity index (χ4n) is 1.92. The maximum absolute atomic E-state index is 5.36. The van der Waals surface area contributed by atoms with Gasteiger partial charge in [-0.3, -0.25) is 0 Å². The van der Waals surface area contributed by atoms with Gasteiger partial charge in [-0.05, 0) is 37.3 Å². The molecule has 0 aliphatic heterocycles. The molecule has 0 radical (unpaired) electrons. The summed E-state index contributed by atoms with van der Waals surface area (Å²) < 4.78 is 10.6. The third-order valence-electron chi connectivity index (χ3n) is 2.90. The Morgan fingerprint density at radius 3 is 2.53 bits per heavy atom. The van der Waals surface area contributed by atoms with Crippen molar-refractivity contribution in [3.63, 3.8) is 0 Å². The Morgan fingerprint density at radius 2 is 1.89 bits per heavy atom. The van der Waals surface area contributed by atoms with Gasteiger partial charge in [0.05, 0.1) is 14.2 Å². The third-order valence-corrected chi connectivity index (χ3v) is 3.90. The summed E-state index contributed by atoms with van der Waals surface area (Å²) in [6.45, 7) is 3.76. The second-order valence-corrected chi connectivity index (χ2v) is 5.67. The minimum atomic E-state index is 0.761. The molecule has 0 bridgehead atoms. The Balaban J connectivity index is 1.98. The lowest BCUT2D eigenvalue weighted by atomic mass is 10.2. The van der Waals surface area contributed by atoms with E-state index in [9.17, 15) is 0 Å². The number of rotatable bonds is 6. The average Bonchev–Trinajstić information content (AvgIpc) is 2.84. The molecule has 0 saturated heterocycles. The SMILES string of the molecule is COc1ccc(OC)c(CNCc2ccc(C)s2)c1. The van der Waals surface area contributed by atoms with E-state index < -0.39 is 0 Å². The summed E-state index contributed by atoms with van der Waals surface area (Å²) in [4.78, 5) is 2.69. The van der Waals surface area contributed by atoms with Gasteiger partial charge < -0.3 is 14.8 Å². The Hall–Kier alpha value is -1.52. The maximum Gasteiger partial charge on any atom is 0.123 e. The van der Waals surface area contributed by atoms with Gasteiger partial charge in [-0.15, -0.1) is 11.3 Å². The van der Waals surface area contributed by atoms with Gasteiger partial charge in [0.25, 0.3) is 0 Å². The van der Waals surface area contributed by atoms with Gasteiger partial charge in [-0.1, -0.05) is 0 Å². The van der Waals surface area contributed by atoms with E-state index in [1.54, 1.807) is 14.2 Å². The number of hydrogen-bond acceptors (Lipinski definition) is 4. The summed E-state index contributed by atoms with van der Waals surface area (Å²) in [6, 6.07) is 10.2. The number of ether oxygens (including phenoxy) is 2. The predicted octanol–water partition coefficient (Wildman–Crippen LogP) is 3.36. The summed E-state index contributed by atoms with van der Waals surface area (Å²) in [5.74, 6) is 1.74. The van der Waals surface area contributed by atoms with Crippen molar-refractivity contribution in [3.05, 3.63) is 45.6 Å². The zero-order valence-electron chi connectivity index (χ0n) is 11.5. The van der Waals surface area contributed by atoms with Crippen molar-refractivity contribution in [2.75, 3.05) is 14.2 Å². The minimum Gasteiger partial charge on any atom is -0.497 e. The number of benzene rings is 1. The summed E-state index contributed by atoms with van der Waals surface area (Å²) in [7, 11) is 3.36. The van der Waals surface area contributed by atoms with Crippen LogP contribution in [0.5, 0.6) is 11.5 Å². The highest BCUT2D eigenvalue weighted by Gasteiger charge is 2.05. The van der Waals surface area contributed by atoms with E-state index >= 15 is 0 Å². The van der Waals surface area contributed by atoms with Crippen LogP contribution < -0.4 is 14.8 Å². The van der Waals surface area contributed by atoms with Gasteiger partial charge in [0.15, 0.2) is 0 Å². The Bertz CT molecular complexity index is 537. The van der Waals surface area contributed by atoms with Crippen molar-refractivity contribution in [1.29, 1.82) is 0 Å². The standard InChI is InChI=1S/C15H19NO2S/c1-11-4-6-14(19-11)10-16-9-12-8-13(17-2)5-7-15(12)18-3/h4-8,16H,9-10H2,1-3H3. The second-order valence-electron chi connectivity index (χ2n) is 4.29. The number of aryl methyl sites for hydroxylation is 1. The highest BCUT2D eigenvalue weighted by molar-refractivity contribution is 7.11. The van der Waals surface area contributed by atoms with E-state index in [0.29, 0.717) is 0 Å². The van der Waals surface area contributed by atoms with Gasteiger partial charge in [0.1, 0.15) is 11.5 Å².